The Morgan fingerprint density at radius 1 is 0.833 bits per heavy atom. The number of para-hydroxylation sites is 2. The standard InChI is InChI=1S/C22H19N5O3/c1-28-15-9-5-3-7-13(15)17-21(11-23)19(25)30-20(26)22(21,12-24)18(27-17)14-8-4-6-10-16(14)29-2/h3-10,17-18,25-27H,1-2H3/t17-,18+,21-,22+. The number of nitrogens with one attached hydrogen (secondary N) is 3. The summed E-state index contributed by atoms with van der Waals surface area (Å²) in [5, 5.41) is 41.1. The maximum Gasteiger partial charge on any atom is 0.213 e. The summed E-state index contributed by atoms with van der Waals surface area (Å²) in [5.74, 6) is 0.140. The molecule has 30 heavy (non-hydrogen) atoms. The van der Waals surface area contributed by atoms with Crippen LogP contribution in [0.15, 0.2) is 48.5 Å². The van der Waals surface area contributed by atoms with E-state index in [1.54, 1.807) is 48.5 Å². The van der Waals surface area contributed by atoms with Gasteiger partial charge in [-0.15, -0.1) is 0 Å². The number of benzene rings is 2. The highest BCUT2D eigenvalue weighted by molar-refractivity contribution is 6.09. The third kappa shape index (κ3) is 2.17. The number of hydrogen-bond donors (Lipinski definition) is 3. The van der Waals surface area contributed by atoms with Crippen molar-refractivity contribution in [2.45, 2.75) is 12.1 Å². The lowest BCUT2D eigenvalue weighted by Crippen LogP contribution is -2.43. The van der Waals surface area contributed by atoms with Crippen molar-refractivity contribution in [2.24, 2.45) is 10.8 Å². The monoisotopic (exact) mass is 401 g/mol. The van der Waals surface area contributed by atoms with Gasteiger partial charge in [0.05, 0.1) is 38.4 Å². The van der Waals surface area contributed by atoms with Gasteiger partial charge >= 0.3 is 0 Å². The van der Waals surface area contributed by atoms with Crippen molar-refractivity contribution in [2.75, 3.05) is 14.2 Å². The van der Waals surface area contributed by atoms with Crippen LogP contribution in [0.25, 0.3) is 0 Å². The van der Waals surface area contributed by atoms with Gasteiger partial charge in [-0.2, -0.15) is 10.5 Å². The fourth-order valence-corrected chi connectivity index (χ4v) is 4.62. The van der Waals surface area contributed by atoms with Crippen LogP contribution in [0.3, 0.4) is 0 Å². The molecule has 0 radical (unpaired) electrons. The van der Waals surface area contributed by atoms with Gasteiger partial charge in [0.25, 0.3) is 0 Å². The fraction of sp³-hybridized carbons (Fsp3) is 0.273. The molecular weight excluding hydrogens is 382 g/mol. The fourth-order valence-electron chi connectivity index (χ4n) is 4.62. The Morgan fingerprint density at radius 3 is 1.60 bits per heavy atom. The number of nitriles is 2. The smallest absolute Gasteiger partial charge is 0.213 e. The second-order valence-electron chi connectivity index (χ2n) is 7.12. The Labute approximate surface area is 173 Å². The van der Waals surface area contributed by atoms with Crippen LogP contribution in [0.5, 0.6) is 11.5 Å². The van der Waals surface area contributed by atoms with Gasteiger partial charge in [0, 0.05) is 11.1 Å². The molecule has 0 unspecified atom stereocenters. The Balaban J connectivity index is 2.04. The molecule has 0 spiro atoms. The Kier molecular flexibility index (Phi) is 4.45. The van der Waals surface area contributed by atoms with Gasteiger partial charge in [-0.25, -0.2) is 0 Å². The normalized spacial score (nSPS) is 29.5. The van der Waals surface area contributed by atoms with Crippen molar-refractivity contribution >= 4 is 11.8 Å². The van der Waals surface area contributed by atoms with Crippen LogP contribution in [-0.4, -0.2) is 26.0 Å². The van der Waals surface area contributed by atoms with Gasteiger partial charge in [-0.3, -0.25) is 16.1 Å². The first-order valence-corrected chi connectivity index (χ1v) is 9.22. The third-order valence-corrected chi connectivity index (χ3v) is 5.99. The van der Waals surface area contributed by atoms with Gasteiger partial charge in [0.1, 0.15) is 11.5 Å². The lowest BCUT2D eigenvalue weighted by molar-refractivity contribution is 0.341. The summed E-state index contributed by atoms with van der Waals surface area (Å²) in [6, 6.07) is 16.9. The van der Waals surface area contributed by atoms with E-state index in [1.807, 2.05) is 0 Å². The van der Waals surface area contributed by atoms with Crippen molar-refractivity contribution in [3.05, 3.63) is 59.7 Å². The molecule has 4 rings (SSSR count). The highest BCUT2D eigenvalue weighted by Gasteiger charge is 2.78. The zero-order valence-corrected chi connectivity index (χ0v) is 16.4. The molecule has 0 amide bonds. The van der Waals surface area contributed by atoms with Crippen LogP contribution in [0.2, 0.25) is 0 Å². The van der Waals surface area contributed by atoms with E-state index >= 15 is 0 Å². The summed E-state index contributed by atoms with van der Waals surface area (Å²) in [7, 11) is 3.03. The average Bonchev–Trinajstić information content (AvgIpc) is 3.21. The second kappa shape index (κ2) is 6.87. The Morgan fingerprint density at radius 2 is 1.23 bits per heavy atom. The summed E-state index contributed by atoms with van der Waals surface area (Å²) >= 11 is 0. The molecule has 8 heteroatoms. The van der Waals surface area contributed by atoms with E-state index in [1.165, 1.54) is 14.2 Å². The van der Waals surface area contributed by atoms with Crippen LogP contribution >= 0.6 is 0 Å². The third-order valence-electron chi connectivity index (χ3n) is 5.99. The summed E-state index contributed by atoms with van der Waals surface area (Å²) in [5.41, 5.74) is -2.33. The predicted octanol–water partition coefficient (Wildman–Crippen LogP) is 3.09. The molecule has 2 saturated heterocycles. The van der Waals surface area contributed by atoms with Gasteiger partial charge in [-0.05, 0) is 12.1 Å². The van der Waals surface area contributed by atoms with Gasteiger partial charge in [-0.1, -0.05) is 36.4 Å². The molecule has 4 atom stereocenters. The van der Waals surface area contributed by atoms with Crippen LogP contribution in [0.1, 0.15) is 23.2 Å². The van der Waals surface area contributed by atoms with Crippen molar-refractivity contribution < 1.29 is 14.2 Å². The summed E-state index contributed by atoms with van der Waals surface area (Å²) < 4.78 is 16.3. The molecule has 2 aliphatic rings. The number of ether oxygens (including phenoxy) is 3. The number of methoxy groups -OCH3 is 2. The molecule has 0 bridgehead atoms. The van der Waals surface area contributed by atoms with Crippen molar-refractivity contribution in [1.29, 1.82) is 21.3 Å². The van der Waals surface area contributed by atoms with E-state index in [0.717, 1.165) is 0 Å². The number of hydrogen-bond acceptors (Lipinski definition) is 8. The molecule has 0 aromatic heterocycles. The van der Waals surface area contributed by atoms with Gasteiger partial charge < -0.3 is 14.2 Å². The molecule has 0 saturated carbocycles. The molecule has 2 aromatic carbocycles. The SMILES string of the molecule is COc1ccccc1[C@H]1N[C@@H](c2ccccc2OC)[C@@]2(C#N)C(=N)OC(=N)[C@@]12C#N. The minimum atomic E-state index is -1.76. The molecule has 2 aromatic rings. The van der Waals surface area contributed by atoms with Crippen LogP contribution < -0.4 is 14.8 Å². The van der Waals surface area contributed by atoms with Crippen LogP contribution in [0, 0.1) is 44.3 Å². The first kappa shape index (κ1) is 19.4. The summed E-state index contributed by atoms with van der Waals surface area (Å²) in [6.45, 7) is 0. The molecule has 2 fully saturated rings. The summed E-state index contributed by atoms with van der Waals surface area (Å²) in [4.78, 5) is 0. The molecule has 0 aliphatic carbocycles. The molecule has 150 valence electrons. The Bertz CT molecular complexity index is 1050. The quantitative estimate of drug-likeness (QED) is 0.720. The largest absolute Gasteiger partial charge is 0.496 e. The minimum Gasteiger partial charge on any atom is -0.496 e. The molecule has 8 nitrogen and oxygen atoms in total. The molecule has 2 aliphatic heterocycles. The lowest BCUT2D eigenvalue weighted by atomic mass is 9.60. The zero-order valence-electron chi connectivity index (χ0n) is 16.4. The van der Waals surface area contributed by atoms with Crippen molar-refractivity contribution in [3.8, 4) is 23.6 Å². The summed E-state index contributed by atoms with van der Waals surface area (Å²) in [6.07, 6.45) is 0. The van der Waals surface area contributed by atoms with Crippen molar-refractivity contribution in [1.82, 2.24) is 5.32 Å². The second-order valence-corrected chi connectivity index (χ2v) is 7.12. The number of nitrogens with zero attached hydrogens (tertiary/aromatic N) is 2. The first-order chi connectivity index (χ1) is 14.5. The lowest BCUT2D eigenvalue weighted by Gasteiger charge is -2.30. The maximum atomic E-state index is 10.4. The topological polar surface area (TPSA) is 135 Å². The average molecular weight is 401 g/mol. The zero-order chi connectivity index (χ0) is 21.5. The Hall–Kier alpha value is -3.88. The first-order valence-electron chi connectivity index (χ1n) is 9.22. The van der Waals surface area contributed by atoms with E-state index in [-0.39, 0.29) is 0 Å². The predicted molar refractivity (Wildman–Crippen MR) is 107 cm³/mol. The minimum absolute atomic E-state index is 0.433. The molecule has 2 heterocycles. The van der Waals surface area contributed by atoms with Gasteiger partial charge in [0.15, 0.2) is 10.8 Å². The highest BCUT2D eigenvalue weighted by atomic mass is 16.5. The number of fused-ring (bicyclic) bond motifs is 1. The molecular formula is C22H19N5O3. The number of rotatable bonds is 4. The van der Waals surface area contributed by atoms with E-state index < -0.39 is 34.7 Å². The van der Waals surface area contributed by atoms with E-state index in [4.69, 9.17) is 25.0 Å². The van der Waals surface area contributed by atoms with E-state index in [0.29, 0.717) is 22.6 Å². The van der Waals surface area contributed by atoms with Crippen molar-refractivity contribution in [3.63, 3.8) is 0 Å². The van der Waals surface area contributed by atoms with Gasteiger partial charge in [0.2, 0.25) is 11.8 Å². The molecule has 3 N–H and O–H groups in total. The maximum absolute atomic E-state index is 10.4. The van der Waals surface area contributed by atoms with E-state index in [9.17, 15) is 10.5 Å². The van der Waals surface area contributed by atoms with E-state index in [2.05, 4.69) is 17.5 Å². The van der Waals surface area contributed by atoms with Crippen LogP contribution in [-0.2, 0) is 4.74 Å². The van der Waals surface area contributed by atoms with Crippen LogP contribution in [0.4, 0.5) is 0 Å². The highest BCUT2D eigenvalue weighted by Crippen LogP contribution is 2.66.